The largest absolute Gasteiger partial charge is 0.497 e. The van der Waals surface area contributed by atoms with E-state index in [1.54, 1.807) is 19.2 Å². The normalized spacial score (nSPS) is 10.8. The van der Waals surface area contributed by atoms with Gasteiger partial charge in [-0.25, -0.2) is 0 Å². The summed E-state index contributed by atoms with van der Waals surface area (Å²) >= 11 is 5.89. The van der Waals surface area contributed by atoms with Crippen LogP contribution in [0.3, 0.4) is 0 Å². The summed E-state index contributed by atoms with van der Waals surface area (Å²) in [5.74, 6) is 2.36. The van der Waals surface area contributed by atoms with Crippen LogP contribution in [0.4, 0.5) is 0 Å². The smallest absolute Gasteiger partial charge is 0.254 e. The van der Waals surface area contributed by atoms with Crippen molar-refractivity contribution in [1.29, 1.82) is 0 Å². The van der Waals surface area contributed by atoms with Gasteiger partial charge in [0.2, 0.25) is 5.89 Å². The van der Waals surface area contributed by atoms with Crippen molar-refractivity contribution in [2.75, 3.05) is 7.11 Å². The predicted octanol–water partition coefficient (Wildman–Crippen LogP) is 5.13. The van der Waals surface area contributed by atoms with E-state index >= 15 is 0 Å². The SMILES string of the molecule is COc1ccc2ccc(OCc3nnc(-c4ccc(Cl)cc4)o3)cc2c1. The monoisotopic (exact) mass is 366 g/mol. The first-order valence-electron chi connectivity index (χ1n) is 8.00. The van der Waals surface area contributed by atoms with E-state index in [9.17, 15) is 0 Å². The van der Waals surface area contributed by atoms with Crippen molar-refractivity contribution in [3.63, 3.8) is 0 Å². The minimum absolute atomic E-state index is 0.191. The number of halogens is 1. The first-order chi connectivity index (χ1) is 12.7. The third-order valence-corrected chi connectivity index (χ3v) is 4.19. The molecule has 5 nitrogen and oxygen atoms in total. The fourth-order valence-corrected chi connectivity index (χ4v) is 2.71. The second-order valence-corrected chi connectivity index (χ2v) is 6.11. The lowest BCUT2D eigenvalue weighted by Crippen LogP contribution is -1.95. The summed E-state index contributed by atoms with van der Waals surface area (Å²) < 4.78 is 16.7. The van der Waals surface area contributed by atoms with E-state index in [4.69, 9.17) is 25.5 Å². The number of ether oxygens (including phenoxy) is 2. The molecule has 0 unspecified atom stereocenters. The van der Waals surface area contributed by atoms with E-state index in [2.05, 4.69) is 10.2 Å². The van der Waals surface area contributed by atoms with Crippen LogP contribution in [0.1, 0.15) is 5.89 Å². The summed E-state index contributed by atoms with van der Waals surface area (Å²) in [6.45, 7) is 0.191. The van der Waals surface area contributed by atoms with E-state index < -0.39 is 0 Å². The van der Waals surface area contributed by atoms with E-state index in [1.807, 2.05) is 48.5 Å². The Morgan fingerprint density at radius 2 is 1.62 bits per heavy atom. The Kier molecular flexibility index (Phi) is 4.46. The van der Waals surface area contributed by atoms with Gasteiger partial charge in [-0.15, -0.1) is 10.2 Å². The molecule has 26 heavy (non-hydrogen) atoms. The summed E-state index contributed by atoms with van der Waals surface area (Å²) in [5, 5.41) is 10.9. The fourth-order valence-electron chi connectivity index (χ4n) is 2.59. The van der Waals surface area contributed by atoms with Crippen LogP contribution in [0.25, 0.3) is 22.2 Å². The van der Waals surface area contributed by atoms with Gasteiger partial charge in [0.05, 0.1) is 7.11 Å². The Hall–Kier alpha value is -3.05. The number of fused-ring (bicyclic) bond motifs is 1. The highest BCUT2D eigenvalue weighted by molar-refractivity contribution is 6.30. The first kappa shape index (κ1) is 16.4. The van der Waals surface area contributed by atoms with E-state index in [1.165, 1.54) is 0 Å². The third kappa shape index (κ3) is 3.48. The molecule has 1 heterocycles. The molecule has 0 saturated heterocycles. The number of hydrogen-bond acceptors (Lipinski definition) is 5. The molecule has 0 atom stereocenters. The summed E-state index contributed by atoms with van der Waals surface area (Å²) in [4.78, 5) is 0. The van der Waals surface area contributed by atoms with Crippen LogP contribution >= 0.6 is 11.6 Å². The van der Waals surface area contributed by atoms with Crippen molar-refractivity contribution < 1.29 is 13.9 Å². The quantitative estimate of drug-likeness (QED) is 0.490. The van der Waals surface area contributed by atoms with Gasteiger partial charge in [-0.05, 0) is 59.3 Å². The minimum Gasteiger partial charge on any atom is -0.497 e. The molecule has 0 N–H and O–H groups in total. The minimum atomic E-state index is 0.191. The van der Waals surface area contributed by atoms with Gasteiger partial charge < -0.3 is 13.9 Å². The fraction of sp³-hybridized carbons (Fsp3) is 0.100. The molecule has 0 aliphatic carbocycles. The average molecular weight is 367 g/mol. The Bertz CT molecular complexity index is 1040. The van der Waals surface area contributed by atoms with Crippen LogP contribution in [0.15, 0.2) is 65.1 Å². The third-order valence-electron chi connectivity index (χ3n) is 3.94. The molecular weight excluding hydrogens is 352 g/mol. The first-order valence-corrected chi connectivity index (χ1v) is 8.38. The number of benzene rings is 3. The van der Waals surface area contributed by atoms with Gasteiger partial charge in [0, 0.05) is 10.6 Å². The lowest BCUT2D eigenvalue weighted by molar-refractivity contribution is 0.265. The maximum Gasteiger partial charge on any atom is 0.254 e. The van der Waals surface area contributed by atoms with Crippen LogP contribution in [0.2, 0.25) is 5.02 Å². The van der Waals surface area contributed by atoms with Gasteiger partial charge >= 0.3 is 0 Å². The second-order valence-electron chi connectivity index (χ2n) is 5.67. The van der Waals surface area contributed by atoms with Crippen LogP contribution in [0.5, 0.6) is 11.5 Å². The maximum atomic E-state index is 5.89. The molecule has 6 heteroatoms. The number of hydrogen-bond donors (Lipinski definition) is 0. The molecule has 3 aromatic carbocycles. The Balaban J connectivity index is 1.48. The molecule has 4 aromatic rings. The van der Waals surface area contributed by atoms with Gasteiger partial charge in [0.25, 0.3) is 5.89 Å². The molecule has 0 aliphatic heterocycles. The lowest BCUT2D eigenvalue weighted by atomic mass is 10.1. The van der Waals surface area contributed by atoms with Gasteiger partial charge in [-0.3, -0.25) is 0 Å². The average Bonchev–Trinajstić information content (AvgIpc) is 3.15. The van der Waals surface area contributed by atoms with Gasteiger partial charge in [-0.2, -0.15) is 0 Å². The zero-order chi connectivity index (χ0) is 17.9. The van der Waals surface area contributed by atoms with Crippen molar-refractivity contribution in [3.05, 3.63) is 71.6 Å². The molecule has 4 rings (SSSR count). The molecular formula is C20H15ClN2O3. The molecule has 0 fully saturated rings. The van der Waals surface area contributed by atoms with Gasteiger partial charge in [-0.1, -0.05) is 23.7 Å². The van der Waals surface area contributed by atoms with E-state index in [-0.39, 0.29) is 6.61 Å². The molecule has 0 saturated carbocycles. The van der Waals surface area contributed by atoms with Crippen LogP contribution in [-0.4, -0.2) is 17.3 Å². The molecule has 130 valence electrons. The highest BCUT2D eigenvalue weighted by Gasteiger charge is 2.09. The van der Waals surface area contributed by atoms with Gasteiger partial charge in [0.15, 0.2) is 6.61 Å². The van der Waals surface area contributed by atoms with E-state index in [0.29, 0.717) is 16.8 Å². The summed E-state index contributed by atoms with van der Waals surface area (Å²) in [6.07, 6.45) is 0. The molecule has 0 spiro atoms. The van der Waals surface area contributed by atoms with Crippen LogP contribution < -0.4 is 9.47 Å². The highest BCUT2D eigenvalue weighted by atomic mass is 35.5. The van der Waals surface area contributed by atoms with Gasteiger partial charge in [0.1, 0.15) is 11.5 Å². The topological polar surface area (TPSA) is 57.4 Å². The molecule has 0 radical (unpaired) electrons. The van der Waals surface area contributed by atoms with Crippen molar-refractivity contribution in [3.8, 4) is 23.0 Å². The van der Waals surface area contributed by atoms with Crippen molar-refractivity contribution in [2.24, 2.45) is 0 Å². The molecule has 1 aromatic heterocycles. The van der Waals surface area contributed by atoms with Crippen LogP contribution in [-0.2, 0) is 6.61 Å². The Labute approximate surface area is 155 Å². The van der Waals surface area contributed by atoms with E-state index in [0.717, 1.165) is 27.8 Å². The number of rotatable bonds is 5. The van der Waals surface area contributed by atoms with Crippen molar-refractivity contribution in [1.82, 2.24) is 10.2 Å². The maximum absolute atomic E-state index is 5.89. The molecule has 0 bridgehead atoms. The number of aromatic nitrogens is 2. The summed E-state index contributed by atoms with van der Waals surface area (Å²) in [6, 6.07) is 19.0. The molecule has 0 aliphatic rings. The van der Waals surface area contributed by atoms with Crippen molar-refractivity contribution >= 4 is 22.4 Å². The Morgan fingerprint density at radius 3 is 2.38 bits per heavy atom. The van der Waals surface area contributed by atoms with Crippen molar-refractivity contribution in [2.45, 2.75) is 6.61 Å². The summed E-state index contributed by atoms with van der Waals surface area (Å²) in [5.41, 5.74) is 0.811. The zero-order valence-electron chi connectivity index (χ0n) is 14.0. The number of methoxy groups -OCH3 is 1. The number of nitrogens with zero attached hydrogens (tertiary/aromatic N) is 2. The van der Waals surface area contributed by atoms with Crippen LogP contribution in [0, 0.1) is 0 Å². The second kappa shape index (κ2) is 7.06. The Morgan fingerprint density at radius 1 is 0.885 bits per heavy atom. The predicted molar refractivity (Wildman–Crippen MR) is 99.6 cm³/mol. The standard InChI is InChI=1S/C20H15ClN2O3/c1-24-17-8-4-13-5-9-18(11-15(13)10-17)25-12-19-22-23-20(26-19)14-2-6-16(21)7-3-14/h2-11H,12H2,1H3. The lowest BCUT2D eigenvalue weighted by Gasteiger charge is -2.06. The molecule has 0 amide bonds. The summed E-state index contributed by atoms with van der Waals surface area (Å²) in [7, 11) is 1.65. The highest BCUT2D eigenvalue weighted by Crippen LogP contribution is 2.26. The zero-order valence-corrected chi connectivity index (χ0v) is 14.7.